The number of aliphatic carboxylic acids is 1. The summed E-state index contributed by atoms with van der Waals surface area (Å²) in [5, 5.41) is 29.6. The van der Waals surface area contributed by atoms with Gasteiger partial charge in [0.25, 0.3) is 0 Å². The first-order chi connectivity index (χ1) is 14.2. The van der Waals surface area contributed by atoms with Crippen LogP contribution in [0.15, 0.2) is 22.8 Å². The van der Waals surface area contributed by atoms with Gasteiger partial charge in [-0.1, -0.05) is 51.7 Å². The van der Waals surface area contributed by atoms with Crippen LogP contribution in [0.5, 0.6) is 0 Å². The van der Waals surface area contributed by atoms with Gasteiger partial charge >= 0.3 is 11.9 Å². The molecule has 0 unspecified atom stereocenters. The molecular weight excluding hydrogens is 404 g/mol. The molecular formula is C23H38O6S. The Morgan fingerprint density at radius 2 is 2.00 bits per heavy atom. The smallest absolute Gasteiger partial charge is 0.307 e. The summed E-state index contributed by atoms with van der Waals surface area (Å²) in [4.78, 5) is 22.9. The Morgan fingerprint density at radius 3 is 2.63 bits per heavy atom. The van der Waals surface area contributed by atoms with Crippen molar-refractivity contribution in [3.05, 3.63) is 22.8 Å². The highest BCUT2D eigenvalue weighted by atomic mass is 32.2. The summed E-state index contributed by atoms with van der Waals surface area (Å²) in [6.07, 6.45) is 9.16. The van der Waals surface area contributed by atoms with E-state index in [0.717, 1.165) is 42.8 Å². The summed E-state index contributed by atoms with van der Waals surface area (Å²) in [7, 11) is 0. The number of carboxylic acid groups (broad SMARTS) is 1. The van der Waals surface area contributed by atoms with E-state index in [1.54, 1.807) is 17.8 Å². The Hall–Kier alpha value is -1.31. The van der Waals surface area contributed by atoms with E-state index in [0.29, 0.717) is 24.5 Å². The van der Waals surface area contributed by atoms with Gasteiger partial charge in [0, 0.05) is 30.6 Å². The van der Waals surface area contributed by atoms with Gasteiger partial charge in [0.15, 0.2) is 0 Å². The van der Waals surface area contributed by atoms with Crippen molar-refractivity contribution in [2.45, 2.75) is 90.8 Å². The SMILES string of the molecule is CCCC[C@@H](C)C[C@H](O)C=C[C@@H]1C(SCCCCCC(=O)O)=C(OC(C)=O)C[C@H]1O. The van der Waals surface area contributed by atoms with Crippen LogP contribution in [0.1, 0.15) is 78.6 Å². The molecule has 0 heterocycles. The number of hydrogen-bond acceptors (Lipinski definition) is 6. The lowest BCUT2D eigenvalue weighted by Gasteiger charge is -2.17. The zero-order valence-corrected chi connectivity index (χ0v) is 19.3. The zero-order chi connectivity index (χ0) is 22.5. The first kappa shape index (κ1) is 26.7. The number of aliphatic hydroxyl groups excluding tert-OH is 2. The maximum atomic E-state index is 11.5. The molecule has 0 saturated carbocycles. The Balaban J connectivity index is 2.69. The van der Waals surface area contributed by atoms with E-state index >= 15 is 0 Å². The number of rotatable bonds is 15. The van der Waals surface area contributed by atoms with Gasteiger partial charge in [0.05, 0.1) is 12.2 Å². The Labute approximate surface area is 184 Å². The number of thioether (sulfide) groups is 1. The summed E-state index contributed by atoms with van der Waals surface area (Å²) in [5.74, 6) is 0.202. The molecule has 0 amide bonds. The largest absolute Gasteiger partial charge is 0.481 e. The second kappa shape index (κ2) is 14.7. The van der Waals surface area contributed by atoms with Crippen molar-refractivity contribution in [1.82, 2.24) is 0 Å². The molecule has 30 heavy (non-hydrogen) atoms. The summed E-state index contributed by atoms with van der Waals surface area (Å²) in [6.45, 7) is 5.64. The molecule has 1 aliphatic carbocycles. The first-order valence-electron chi connectivity index (χ1n) is 11.0. The Morgan fingerprint density at radius 1 is 1.27 bits per heavy atom. The third-order valence-corrected chi connectivity index (χ3v) is 6.48. The molecule has 0 aromatic heterocycles. The number of carboxylic acids is 1. The molecule has 0 saturated heterocycles. The minimum Gasteiger partial charge on any atom is -0.481 e. The monoisotopic (exact) mass is 442 g/mol. The second-order valence-electron chi connectivity index (χ2n) is 8.17. The lowest BCUT2D eigenvalue weighted by atomic mass is 9.96. The third-order valence-electron chi connectivity index (χ3n) is 5.18. The topological polar surface area (TPSA) is 104 Å². The highest BCUT2D eigenvalue weighted by Crippen LogP contribution is 2.41. The highest BCUT2D eigenvalue weighted by Gasteiger charge is 2.34. The summed E-state index contributed by atoms with van der Waals surface area (Å²) in [6, 6.07) is 0. The molecule has 0 aliphatic heterocycles. The zero-order valence-electron chi connectivity index (χ0n) is 18.5. The molecule has 7 heteroatoms. The van der Waals surface area contributed by atoms with Crippen LogP contribution >= 0.6 is 11.8 Å². The van der Waals surface area contributed by atoms with Gasteiger partial charge in [-0.05, 0) is 30.9 Å². The summed E-state index contributed by atoms with van der Waals surface area (Å²) >= 11 is 1.54. The van der Waals surface area contributed by atoms with Crippen molar-refractivity contribution >= 4 is 23.7 Å². The average Bonchev–Trinajstić information content (AvgIpc) is 2.94. The predicted molar refractivity (Wildman–Crippen MR) is 120 cm³/mol. The van der Waals surface area contributed by atoms with Gasteiger partial charge < -0.3 is 20.1 Å². The third kappa shape index (κ3) is 10.6. The number of aliphatic hydroxyl groups is 2. The molecule has 0 aromatic rings. The number of esters is 1. The van der Waals surface area contributed by atoms with E-state index in [9.17, 15) is 19.8 Å². The second-order valence-corrected chi connectivity index (χ2v) is 9.30. The van der Waals surface area contributed by atoms with Gasteiger partial charge in [-0.25, -0.2) is 0 Å². The van der Waals surface area contributed by atoms with Crippen LogP contribution in [0.3, 0.4) is 0 Å². The van der Waals surface area contributed by atoms with Crippen molar-refractivity contribution in [1.29, 1.82) is 0 Å². The number of unbranched alkanes of at least 4 members (excludes halogenated alkanes) is 3. The van der Waals surface area contributed by atoms with Crippen LogP contribution in [-0.4, -0.2) is 45.2 Å². The van der Waals surface area contributed by atoms with E-state index in [1.807, 2.05) is 6.08 Å². The highest BCUT2D eigenvalue weighted by molar-refractivity contribution is 8.03. The molecule has 172 valence electrons. The van der Waals surface area contributed by atoms with Crippen LogP contribution < -0.4 is 0 Å². The van der Waals surface area contributed by atoms with E-state index < -0.39 is 24.1 Å². The van der Waals surface area contributed by atoms with Gasteiger partial charge in [0.1, 0.15) is 5.76 Å². The maximum Gasteiger partial charge on any atom is 0.307 e. The van der Waals surface area contributed by atoms with Crippen molar-refractivity contribution in [2.24, 2.45) is 11.8 Å². The minimum atomic E-state index is -0.783. The standard InChI is InChI=1S/C23H38O6S/c1-4-5-9-16(2)14-18(25)11-12-19-20(26)15-21(29-17(3)24)23(19)30-13-8-6-7-10-22(27)28/h11-12,16,18-20,25-26H,4-10,13-15H2,1-3H3,(H,27,28)/t16-,18-,19+,20-/m1/s1. The number of ether oxygens (including phenoxy) is 1. The minimum absolute atomic E-state index is 0.171. The normalized spacial score (nSPS) is 21.2. The summed E-state index contributed by atoms with van der Waals surface area (Å²) < 4.78 is 5.34. The van der Waals surface area contributed by atoms with Crippen molar-refractivity contribution in [2.75, 3.05) is 5.75 Å². The van der Waals surface area contributed by atoms with Crippen LogP contribution in [-0.2, 0) is 14.3 Å². The molecule has 0 fully saturated rings. The van der Waals surface area contributed by atoms with Gasteiger partial charge in [-0.15, -0.1) is 11.8 Å². The number of carbonyl (C=O) groups is 2. The van der Waals surface area contributed by atoms with Gasteiger partial charge in [-0.2, -0.15) is 0 Å². The molecule has 1 aliphatic rings. The number of hydrogen-bond donors (Lipinski definition) is 3. The fourth-order valence-electron chi connectivity index (χ4n) is 3.58. The molecule has 4 atom stereocenters. The molecule has 3 N–H and O–H groups in total. The van der Waals surface area contributed by atoms with Crippen LogP contribution in [0.25, 0.3) is 0 Å². The fourth-order valence-corrected chi connectivity index (χ4v) is 4.86. The quantitative estimate of drug-likeness (QED) is 0.193. The van der Waals surface area contributed by atoms with Crippen LogP contribution in [0.2, 0.25) is 0 Å². The van der Waals surface area contributed by atoms with E-state index in [2.05, 4.69) is 13.8 Å². The lowest BCUT2D eigenvalue weighted by molar-refractivity contribution is -0.138. The van der Waals surface area contributed by atoms with E-state index in [-0.39, 0.29) is 18.8 Å². The van der Waals surface area contributed by atoms with E-state index in [4.69, 9.17) is 9.84 Å². The van der Waals surface area contributed by atoms with Crippen LogP contribution in [0, 0.1) is 11.8 Å². The van der Waals surface area contributed by atoms with Crippen LogP contribution in [0.4, 0.5) is 0 Å². The van der Waals surface area contributed by atoms with Crippen molar-refractivity contribution in [3.8, 4) is 0 Å². The Bertz CT molecular complexity index is 601. The molecule has 0 bridgehead atoms. The summed E-state index contributed by atoms with van der Waals surface area (Å²) in [5.41, 5.74) is 0. The molecule has 0 radical (unpaired) electrons. The first-order valence-corrected chi connectivity index (χ1v) is 12.0. The predicted octanol–water partition coefficient (Wildman–Crippen LogP) is 4.65. The fraction of sp³-hybridized carbons (Fsp3) is 0.739. The maximum absolute atomic E-state index is 11.5. The van der Waals surface area contributed by atoms with Crippen molar-refractivity contribution in [3.63, 3.8) is 0 Å². The molecule has 0 aromatic carbocycles. The average molecular weight is 443 g/mol. The Kier molecular flexibility index (Phi) is 13.1. The molecule has 1 rings (SSSR count). The van der Waals surface area contributed by atoms with Crippen molar-refractivity contribution < 1.29 is 29.6 Å². The van der Waals surface area contributed by atoms with Gasteiger partial charge in [-0.3, -0.25) is 9.59 Å². The lowest BCUT2D eigenvalue weighted by Crippen LogP contribution is -2.15. The number of carbonyl (C=O) groups excluding carboxylic acids is 1. The van der Waals surface area contributed by atoms with Gasteiger partial charge in [0.2, 0.25) is 0 Å². The molecule has 0 spiro atoms. The van der Waals surface area contributed by atoms with E-state index in [1.165, 1.54) is 6.92 Å². The molecule has 6 nitrogen and oxygen atoms in total.